The number of anilines is 2. The van der Waals surface area contributed by atoms with Crippen molar-refractivity contribution in [2.24, 2.45) is 17.3 Å². The van der Waals surface area contributed by atoms with E-state index in [4.69, 9.17) is 14.2 Å². The number of benzene rings is 3. The van der Waals surface area contributed by atoms with Crippen LogP contribution in [0.5, 0.6) is 5.75 Å². The lowest BCUT2D eigenvalue weighted by Gasteiger charge is -2.44. The van der Waals surface area contributed by atoms with Gasteiger partial charge in [-0.15, -0.1) is 0 Å². The Bertz CT molecular complexity index is 2370. The molecule has 0 bridgehead atoms. The maximum absolute atomic E-state index is 13.4. The third kappa shape index (κ3) is 12.4. The quantitative estimate of drug-likeness (QED) is 0.0303. The molecule has 1 saturated heterocycles. The number of halogens is 1. The number of hydrogen-bond acceptors (Lipinski definition) is 10. The zero-order chi connectivity index (χ0) is 46.1. The van der Waals surface area contributed by atoms with E-state index in [-0.39, 0.29) is 52.8 Å². The van der Waals surface area contributed by atoms with Crippen molar-refractivity contribution < 1.29 is 33.5 Å². The second kappa shape index (κ2) is 21.7. The lowest BCUT2D eigenvalue weighted by atomic mass is 9.59. The Labute approximate surface area is 389 Å². The monoisotopic (exact) mass is 950 g/mol. The van der Waals surface area contributed by atoms with E-state index in [1.807, 2.05) is 50.2 Å². The molecule has 1 aromatic heterocycles. The topological polar surface area (TPSA) is 175 Å². The Kier molecular flexibility index (Phi) is 15.8. The molecule has 1 aliphatic heterocycles. The van der Waals surface area contributed by atoms with Gasteiger partial charge in [0.25, 0.3) is 5.69 Å². The highest BCUT2D eigenvalue weighted by atomic mass is 79.9. The van der Waals surface area contributed by atoms with Gasteiger partial charge in [0.05, 0.1) is 54.9 Å². The van der Waals surface area contributed by atoms with Crippen LogP contribution in [0.1, 0.15) is 96.6 Å². The molecule has 344 valence electrons. The van der Waals surface area contributed by atoms with Crippen LogP contribution in [0.3, 0.4) is 0 Å². The Morgan fingerprint density at radius 2 is 1.82 bits per heavy atom. The van der Waals surface area contributed by atoms with E-state index in [0.717, 1.165) is 65.4 Å². The average Bonchev–Trinajstić information content (AvgIpc) is 3.80. The summed E-state index contributed by atoms with van der Waals surface area (Å²) in [4.78, 5) is 60.5. The molecule has 1 fully saturated rings. The number of ketones is 1. The number of aryl methyl sites for hydroxylation is 3. The number of rotatable bonds is 19. The van der Waals surface area contributed by atoms with Gasteiger partial charge in [0.15, 0.2) is 11.6 Å². The van der Waals surface area contributed by atoms with E-state index in [1.54, 1.807) is 29.3 Å². The van der Waals surface area contributed by atoms with Crippen molar-refractivity contribution in [3.8, 4) is 5.75 Å². The number of amides is 3. The molecule has 3 aromatic carbocycles. The molecule has 0 saturated carbocycles. The minimum Gasteiger partial charge on any atom is -0.489 e. The molecular weight excluding hydrogens is 892 g/mol. The Balaban J connectivity index is 0.780. The molecule has 15 heteroatoms. The summed E-state index contributed by atoms with van der Waals surface area (Å²) in [5.74, 6) is 1.88. The molecule has 3 amide bonds. The first kappa shape index (κ1) is 47.5. The third-order valence-corrected chi connectivity index (χ3v) is 13.9. The smallest absolute Gasteiger partial charge is 0.325 e. The first-order chi connectivity index (χ1) is 31.2. The fraction of sp³-hybridized carbons (Fsp3) is 0.460. The van der Waals surface area contributed by atoms with Gasteiger partial charge in [-0.1, -0.05) is 72.3 Å². The van der Waals surface area contributed by atoms with Crippen LogP contribution >= 0.6 is 15.9 Å². The minimum atomic E-state index is -0.493. The van der Waals surface area contributed by atoms with Crippen LogP contribution in [0.4, 0.5) is 22.0 Å². The number of nitro benzene ring substituents is 1. The molecule has 7 rings (SSSR count). The Morgan fingerprint density at radius 1 is 1.00 bits per heavy atom. The molecular formula is C50H59BrN6O8. The first-order valence-corrected chi connectivity index (χ1v) is 23.4. The number of carbonyl (C=O) groups is 3. The Hall–Kier alpha value is -5.51. The van der Waals surface area contributed by atoms with Crippen LogP contribution in [-0.2, 0) is 27.1 Å². The summed E-state index contributed by atoms with van der Waals surface area (Å²) < 4.78 is 18.7. The molecule has 4 aromatic rings. The number of unbranched alkanes of at least 4 members (excludes halogenated alkanes) is 1. The number of ether oxygens (including phenoxy) is 3. The SMILES string of the molecule is Cc1cnc(NC(=O)Nc2cc(Br)c(C)cc2OC[C@@H]2CN(C(=O)CCOCCCCc3ccc(C(=O)CCC(C)(C)C4Cc5ccc([N+](=O)[O-])cc5C5C=CCC54)cc3)CCO2)cn1. The summed E-state index contributed by atoms with van der Waals surface area (Å²) in [5.41, 5.74) is 6.37. The molecule has 14 nitrogen and oxygen atoms in total. The van der Waals surface area contributed by atoms with Crippen molar-refractivity contribution in [3.63, 3.8) is 0 Å². The minimum absolute atomic E-state index is 0.00351. The number of nitrogens with zero attached hydrogens (tertiary/aromatic N) is 4. The second-order valence-corrected chi connectivity index (χ2v) is 19.0. The van der Waals surface area contributed by atoms with E-state index in [1.165, 1.54) is 17.3 Å². The molecule has 2 aliphatic carbocycles. The van der Waals surface area contributed by atoms with E-state index in [2.05, 4.69) is 62.5 Å². The van der Waals surface area contributed by atoms with Crippen LogP contribution in [0, 0.1) is 41.2 Å². The summed E-state index contributed by atoms with van der Waals surface area (Å²) in [6, 6.07) is 16.4. The molecule has 4 atom stereocenters. The molecule has 65 heavy (non-hydrogen) atoms. The van der Waals surface area contributed by atoms with Crippen molar-refractivity contribution >= 4 is 50.8 Å². The zero-order valence-corrected chi connectivity index (χ0v) is 39.2. The standard InChI is InChI=1S/C50H59BrN6O8/c1-32-24-46(44(27-43(32)51)54-49(60)55-47-29-52-33(2)28-53-47)65-31-38-30-56(20-23-64-38)48(59)18-22-63-21-6-5-8-34-11-13-35(14-12-34)45(58)17-19-50(3,4)42-25-36-15-16-37(57(61)62)26-41(36)39-9-7-10-40(39)42/h7,9,11-16,24,26-29,38-40,42H,5-6,8,10,17-23,25,30-31H2,1-4H3,(H2,53,54,55,60)/t38-,39?,40?,42?/m0/s1. The summed E-state index contributed by atoms with van der Waals surface area (Å²) in [6.45, 7) is 10.7. The van der Waals surface area contributed by atoms with Gasteiger partial charge in [-0.2, -0.15) is 0 Å². The molecule has 3 aliphatic rings. The maximum atomic E-state index is 13.4. The second-order valence-electron chi connectivity index (χ2n) is 18.1. The van der Waals surface area contributed by atoms with Gasteiger partial charge in [-0.3, -0.25) is 30.0 Å². The fourth-order valence-corrected chi connectivity index (χ4v) is 9.60. The number of nitro groups is 1. The summed E-state index contributed by atoms with van der Waals surface area (Å²) >= 11 is 3.53. The van der Waals surface area contributed by atoms with E-state index >= 15 is 0 Å². The van der Waals surface area contributed by atoms with Gasteiger partial charge < -0.3 is 24.4 Å². The van der Waals surface area contributed by atoms with Gasteiger partial charge in [-0.05, 0) is 104 Å². The van der Waals surface area contributed by atoms with E-state index in [9.17, 15) is 24.5 Å². The third-order valence-electron chi connectivity index (χ3n) is 13.1. The van der Waals surface area contributed by atoms with Crippen molar-refractivity contribution in [2.45, 2.75) is 91.1 Å². The van der Waals surface area contributed by atoms with Crippen LogP contribution < -0.4 is 15.4 Å². The van der Waals surface area contributed by atoms with Crippen molar-refractivity contribution in [1.82, 2.24) is 14.9 Å². The van der Waals surface area contributed by atoms with Gasteiger partial charge in [0, 0.05) is 47.7 Å². The number of nitrogens with one attached hydrogen (secondary N) is 2. The van der Waals surface area contributed by atoms with Crippen molar-refractivity contribution in [3.05, 3.63) is 127 Å². The first-order valence-electron chi connectivity index (χ1n) is 22.6. The number of non-ortho nitro benzene ring substituents is 1. The summed E-state index contributed by atoms with van der Waals surface area (Å²) in [5, 5.41) is 17.0. The van der Waals surface area contributed by atoms with Crippen LogP contribution in [-0.4, -0.2) is 83.1 Å². The highest BCUT2D eigenvalue weighted by Gasteiger charge is 2.44. The predicted molar refractivity (Wildman–Crippen MR) is 253 cm³/mol. The number of allylic oxidation sites excluding steroid dienone is 2. The van der Waals surface area contributed by atoms with Gasteiger partial charge in [-0.25, -0.2) is 9.78 Å². The Morgan fingerprint density at radius 3 is 2.58 bits per heavy atom. The highest BCUT2D eigenvalue weighted by Crippen LogP contribution is 2.53. The van der Waals surface area contributed by atoms with Gasteiger partial charge in [0.1, 0.15) is 18.5 Å². The molecule has 3 unspecified atom stereocenters. The van der Waals surface area contributed by atoms with E-state index < -0.39 is 6.03 Å². The number of Topliss-reactive ketones (excluding diaryl/α,β-unsaturated/α-hetero) is 1. The lowest BCUT2D eigenvalue weighted by Crippen LogP contribution is -2.47. The number of hydrogen-bond donors (Lipinski definition) is 2. The van der Waals surface area contributed by atoms with Crippen LogP contribution in [0.15, 0.2) is 83.6 Å². The molecule has 0 radical (unpaired) electrons. The normalized spacial score (nSPS) is 19.0. The zero-order valence-electron chi connectivity index (χ0n) is 37.6. The lowest BCUT2D eigenvalue weighted by molar-refractivity contribution is -0.385. The molecule has 2 N–H and O–H groups in total. The van der Waals surface area contributed by atoms with Gasteiger partial charge >= 0.3 is 6.03 Å². The number of urea groups is 1. The number of morpholine rings is 1. The van der Waals surface area contributed by atoms with Crippen molar-refractivity contribution in [2.75, 3.05) is 50.2 Å². The fourth-order valence-electron chi connectivity index (χ4n) is 9.26. The maximum Gasteiger partial charge on any atom is 0.325 e. The number of fused-ring (bicyclic) bond motifs is 3. The number of carbonyl (C=O) groups excluding carboxylic acids is 3. The molecule has 0 spiro atoms. The number of aromatic nitrogens is 2. The largest absolute Gasteiger partial charge is 0.489 e. The van der Waals surface area contributed by atoms with Crippen LogP contribution in [0.25, 0.3) is 0 Å². The molecule has 2 heterocycles. The van der Waals surface area contributed by atoms with E-state index in [0.29, 0.717) is 68.4 Å². The highest BCUT2D eigenvalue weighted by molar-refractivity contribution is 9.10. The van der Waals surface area contributed by atoms with Crippen LogP contribution in [0.2, 0.25) is 0 Å². The van der Waals surface area contributed by atoms with Gasteiger partial charge in [0.2, 0.25) is 5.91 Å². The average molecular weight is 952 g/mol. The summed E-state index contributed by atoms with van der Waals surface area (Å²) in [7, 11) is 0. The predicted octanol–water partition coefficient (Wildman–Crippen LogP) is 9.97. The summed E-state index contributed by atoms with van der Waals surface area (Å²) in [6.07, 6.45) is 13.2. The van der Waals surface area contributed by atoms with Crippen molar-refractivity contribution in [1.29, 1.82) is 0 Å².